The van der Waals surface area contributed by atoms with Gasteiger partial charge < -0.3 is 9.30 Å². The summed E-state index contributed by atoms with van der Waals surface area (Å²) in [4.78, 5) is 40.6. The van der Waals surface area contributed by atoms with Crippen LogP contribution in [0.4, 0.5) is 0 Å². The SMILES string of the molecule is Cc1ccc(C(=O)OCCn2cnc3c2c(=O)n(C)c(=O)n3C)cc1C. The zero-order valence-corrected chi connectivity index (χ0v) is 15.1. The van der Waals surface area contributed by atoms with E-state index in [1.165, 1.54) is 17.9 Å². The van der Waals surface area contributed by atoms with Crippen molar-refractivity contribution in [1.29, 1.82) is 0 Å². The summed E-state index contributed by atoms with van der Waals surface area (Å²) in [5.74, 6) is -0.419. The van der Waals surface area contributed by atoms with E-state index >= 15 is 0 Å². The summed E-state index contributed by atoms with van der Waals surface area (Å²) in [6.45, 7) is 4.26. The highest BCUT2D eigenvalue weighted by Gasteiger charge is 2.15. The van der Waals surface area contributed by atoms with Gasteiger partial charge in [0.15, 0.2) is 11.2 Å². The van der Waals surface area contributed by atoms with Crippen molar-refractivity contribution in [2.24, 2.45) is 14.1 Å². The van der Waals surface area contributed by atoms with Crippen molar-refractivity contribution in [2.75, 3.05) is 6.61 Å². The van der Waals surface area contributed by atoms with Gasteiger partial charge in [0.1, 0.15) is 6.61 Å². The number of ether oxygens (including phenoxy) is 1. The molecule has 0 bridgehead atoms. The van der Waals surface area contributed by atoms with Gasteiger partial charge in [-0.1, -0.05) is 6.07 Å². The molecule has 2 heterocycles. The summed E-state index contributed by atoms with van der Waals surface area (Å²) >= 11 is 0. The number of nitrogens with zero attached hydrogens (tertiary/aromatic N) is 4. The molecule has 8 nitrogen and oxygen atoms in total. The first-order valence-electron chi connectivity index (χ1n) is 8.16. The van der Waals surface area contributed by atoms with Crippen LogP contribution in [0.2, 0.25) is 0 Å². The van der Waals surface area contributed by atoms with Crippen LogP contribution in [0.1, 0.15) is 21.5 Å². The van der Waals surface area contributed by atoms with Crippen LogP contribution in [0.15, 0.2) is 34.1 Å². The van der Waals surface area contributed by atoms with E-state index < -0.39 is 17.2 Å². The Kier molecular flexibility index (Phi) is 4.50. The van der Waals surface area contributed by atoms with E-state index in [2.05, 4.69) is 4.98 Å². The van der Waals surface area contributed by atoms with Crippen LogP contribution in [-0.2, 0) is 25.4 Å². The van der Waals surface area contributed by atoms with Gasteiger partial charge in [-0.25, -0.2) is 14.6 Å². The number of carbonyl (C=O) groups is 1. The standard InChI is InChI=1S/C18H20N4O4/c1-11-5-6-13(9-12(11)2)17(24)26-8-7-22-10-19-15-14(22)16(23)21(4)18(25)20(15)3/h5-6,9-10H,7-8H2,1-4H3. The van der Waals surface area contributed by atoms with Crippen LogP contribution in [0.25, 0.3) is 11.2 Å². The normalized spacial score (nSPS) is 11.1. The molecule has 0 aliphatic heterocycles. The molecule has 0 unspecified atom stereocenters. The molecule has 26 heavy (non-hydrogen) atoms. The van der Waals surface area contributed by atoms with Crippen molar-refractivity contribution in [3.05, 3.63) is 62.1 Å². The van der Waals surface area contributed by atoms with Gasteiger partial charge in [-0.3, -0.25) is 13.9 Å². The van der Waals surface area contributed by atoms with Crippen molar-refractivity contribution in [3.8, 4) is 0 Å². The van der Waals surface area contributed by atoms with Gasteiger partial charge in [0, 0.05) is 14.1 Å². The first-order valence-corrected chi connectivity index (χ1v) is 8.16. The number of hydrogen-bond acceptors (Lipinski definition) is 5. The molecule has 0 spiro atoms. The largest absolute Gasteiger partial charge is 0.460 e. The van der Waals surface area contributed by atoms with Crippen molar-refractivity contribution in [1.82, 2.24) is 18.7 Å². The van der Waals surface area contributed by atoms with Gasteiger partial charge in [0.25, 0.3) is 5.56 Å². The molecule has 0 radical (unpaired) electrons. The molecule has 0 saturated carbocycles. The molecule has 136 valence electrons. The Hall–Kier alpha value is -3.16. The second-order valence-electron chi connectivity index (χ2n) is 6.25. The lowest BCUT2D eigenvalue weighted by molar-refractivity contribution is 0.0492. The molecule has 0 atom stereocenters. The van der Waals surface area contributed by atoms with Gasteiger partial charge in [-0.05, 0) is 37.1 Å². The average molecular weight is 356 g/mol. The van der Waals surface area contributed by atoms with Crippen molar-refractivity contribution in [3.63, 3.8) is 0 Å². The minimum Gasteiger partial charge on any atom is -0.460 e. The maximum absolute atomic E-state index is 12.4. The molecule has 1 aromatic carbocycles. The summed E-state index contributed by atoms with van der Waals surface area (Å²) in [7, 11) is 2.97. The number of esters is 1. The van der Waals surface area contributed by atoms with E-state index in [0.29, 0.717) is 16.7 Å². The number of carbonyl (C=O) groups excluding carboxylic acids is 1. The fourth-order valence-electron chi connectivity index (χ4n) is 2.75. The molecule has 0 N–H and O–H groups in total. The Morgan fingerprint density at radius 1 is 1.12 bits per heavy atom. The molecule has 0 saturated heterocycles. The lowest BCUT2D eigenvalue weighted by atomic mass is 10.1. The van der Waals surface area contributed by atoms with E-state index in [1.54, 1.807) is 23.7 Å². The molecule has 0 aliphatic rings. The third-order valence-electron chi connectivity index (χ3n) is 4.53. The fourth-order valence-corrected chi connectivity index (χ4v) is 2.75. The van der Waals surface area contributed by atoms with Crippen molar-refractivity contribution < 1.29 is 9.53 Å². The van der Waals surface area contributed by atoms with Gasteiger partial charge in [0.2, 0.25) is 0 Å². The van der Waals surface area contributed by atoms with E-state index in [4.69, 9.17) is 4.74 Å². The molecule has 3 rings (SSSR count). The predicted molar refractivity (Wildman–Crippen MR) is 96.4 cm³/mol. The summed E-state index contributed by atoms with van der Waals surface area (Å²) in [5, 5.41) is 0. The monoisotopic (exact) mass is 356 g/mol. The van der Waals surface area contributed by atoms with Crippen LogP contribution in [0.3, 0.4) is 0 Å². The number of benzene rings is 1. The Morgan fingerprint density at radius 2 is 1.85 bits per heavy atom. The smallest absolute Gasteiger partial charge is 0.338 e. The van der Waals surface area contributed by atoms with Gasteiger partial charge in [-0.2, -0.15) is 0 Å². The van der Waals surface area contributed by atoms with Crippen LogP contribution in [-0.4, -0.2) is 31.3 Å². The zero-order chi connectivity index (χ0) is 19.0. The maximum atomic E-state index is 12.4. The summed E-state index contributed by atoms with van der Waals surface area (Å²) < 4.78 is 9.24. The Morgan fingerprint density at radius 3 is 2.54 bits per heavy atom. The number of imidazole rings is 1. The average Bonchev–Trinajstić information content (AvgIpc) is 3.04. The molecule has 0 fully saturated rings. The number of fused-ring (bicyclic) bond motifs is 1. The highest BCUT2D eigenvalue weighted by Crippen LogP contribution is 2.11. The van der Waals surface area contributed by atoms with Crippen molar-refractivity contribution in [2.45, 2.75) is 20.4 Å². The molecule has 0 amide bonds. The fraction of sp³-hybridized carbons (Fsp3) is 0.333. The summed E-state index contributed by atoms with van der Waals surface area (Å²) in [5.41, 5.74) is 2.35. The summed E-state index contributed by atoms with van der Waals surface area (Å²) in [6, 6.07) is 5.39. The second-order valence-corrected chi connectivity index (χ2v) is 6.25. The highest BCUT2D eigenvalue weighted by atomic mass is 16.5. The minimum atomic E-state index is -0.436. The van der Waals surface area contributed by atoms with E-state index in [9.17, 15) is 14.4 Å². The molecule has 2 aromatic heterocycles. The van der Waals surface area contributed by atoms with Gasteiger partial charge in [-0.15, -0.1) is 0 Å². The maximum Gasteiger partial charge on any atom is 0.338 e. The van der Waals surface area contributed by atoms with Crippen LogP contribution in [0, 0.1) is 13.8 Å². The summed E-state index contributed by atoms with van der Waals surface area (Å²) in [6.07, 6.45) is 1.47. The molecular weight excluding hydrogens is 336 g/mol. The van der Waals surface area contributed by atoms with Crippen LogP contribution >= 0.6 is 0 Å². The van der Waals surface area contributed by atoms with E-state index in [-0.39, 0.29) is 13.2 Å². The number of aryl methyl sites for hydroxylation is 3. The van der Waals surface area contributed by atoms with Crippen molar-refractivity contribution >= 4 is 17.1 Å². The highest BCUT2D eigenvalue weighted by molar-refractivity contribution is 5.89. The van der Waals surface area contributed by atoms with Gasteiger partial charge in [0.05, 0.1) is 18.4 Å². The molecular formula is C18H20N4O4. The Balaban J connectivity index is 1.78. The molecule has 8 heteroatoms. The minimum absolute atomic E-state index is 0.0865. The second kappa shape index (κ2) is 6.62. The first-order chi connectivity index (χ1) is 12.3. The van der Waals surface area contributed by atoms with Gasteiger partial charge >= 0.3 is 11.7 Å². The van der Waals surface area contributed by atoms with Crippen LogP contribution in [0.5, 0.6) is 0 Å². The number of aromatic nitrogens is 4. The number of rotatable bonds is 4. The first kappa shape index (κ1) is 17.7. The van der Waals surface area contributed by atoms with E-state index in [1.807, 2.05) is 19.9 Å². The Bertz CT molecular complexity index is 1120. The third kappa shape index (κ3) is 2.94. The molecule has 3 aromatic rings. The lowest BCUT2D eigenvalue weighted by Crippen LogP contribution is -2.37. The predicted octanol–water partition coefficient (Wildman–Crippen LogP) is 0.908. The number of hydrogen-bond donors (Lipinski definition) is 0. The molecule has 0 aliphatic carbocycles. The topological polar surface area (TPSA) is 88.1 Å². The lowest BCUT2D eigenvalue weighted by Gasteiger charge is -2.08. The van der Waals surface area contributed by atoms with Crippen LogP contribution < -0.4 is 11.2 Å². The Labute approximate surface area is 149 Å². The van der Waals surface area contributed by atoms with E-state index in [0.717, 1.165) is 15.7 Å². The quantitative estimate of drug-likeness (QED) is 0.648. The zero-order valence-electron chi connectivity index (χ0n) is 15.1. The third-order valence-corrected chi connectivity index (χ3v) is 4.53.